The number of carbonyl (C=O) groups is 3. The monoisotopic (exact) mass is 380 g/mol. The summed E-state index contributed by atoms with van der Waals surface area (Å²) >= 11 is 0. The van der Waals surface area contributed by atoms with Crippen molar-refractivity contribution in [3.05, 3.63) is 53.9 Å². The zero-order valence-electron chi connectivity index (χ0n) is 15.9. The van der Waals surface area contributed by atoms with Gasteiger partial charge in [0, 0.05) is 43.1 Å². The Balaban J connectivity index is 1.68. The Bertz CT molecular complexity index is 856. The fraction of sp³-hybridized carbons (Fsp3) is 0.333. The molecule has 0 radical (unpaired) electrons. The summed E-state index contributed by atoms with van der Waals surface area (Å²) < 4.78 is 0. The van der Waals surface area contributed by atoms with Gasteiger partial charge in [-0.25, -0.2) is 0 Å². The summed E-state index contributed by atoms with van der Waals surface area (Å²) in [5.74, 6) is -0.609. The average molecular weight is 380 g/mol. The van der Waals surface area contributed by atoms with E-state index in [9.17, 15) is 14.4 Å². The molecular formula is C21H24N4O3. The Morgan fingerprint density at radius 2 is 1.50 bits per heavy atom. The van der Waals surface area contributed by atoms with Crippen LogP contribution >= 0.6 is 0 Å². The van der Waals surface area contributed by atoms with Crippen LogP contribution < -0.4 is 10.6 Å². The molecule has 0 unspecified atom stereocenters. The van der Waals surface area contributed by atoms with Gasteiger partial charge in [-0.05, 0) is 49.2 Å². The number of benzene rings is 1. The van der Waals surface area contributed by atoms with E-state index in [4.69, 9.17) is 0 Å². The van der Waals surface area contributed by atoms with Crippen molar-refractivity contribution in [1.82, 2.24) is 9.88 Å². The van der Waals surface area contributed by atoms with E-state index in [0.29, 0.717) is 16.9 Å². The van der Waals surface area contributed by atoms with Crippen LogP contribution in [0.25, 0.3) is 0 Å². The highest BCUT2D eigenvalue weighted by Gasteiger charge is 2.19. The molecule has 0 bridgehead atoms. The molecule has 0 saturated carbocycles. The normalized spacial score (nSPS) is 14.1. The lowest BCUT2D eigenvalue weighted by atomic mass is 10.2. The summed E-state index contributed by atoms with van der Waals surface area (Å²) in [5.41, 5.74) is 1.88. The largest absolute Gasteiger partial charge is 0.339 e. The van der Waals surface area contributed by atoms with E-state index < -0.39 is 5.91 Å². The zero-order chi connectivity index (χ0) is 19.9. The molecule has 3 amide bonds. The lowest BCUT2D eigenvalue weighted by Gasteiger charge is -2.20. The quantitative estimate of drug-likeness (QED) is 0.851. The van der Waals surface area contributed by atoms with Gasteiger partial charge < -0.3 is 15.5 Å². The summed E-state index contributed by atoms with van der Waals surface area (Å²) in [6.45, 7) is 2.94. The van der Waals surface area contributed by atoms with Crippen LogP contribution in [0.3, 0.4) is 0 Å². The Morgan fingerprint density at radius 1 is 0.893 bits per heavy atom. The van der Waals surface area contributed by atoms with E-state index in [1.165, 1.54) is 19.2 Å². The second-order valence-corrected chi connectivity index (χ2v) is 6.85. The first-order valence-corrected chi connectivity index (χ1v) is 9.47. The third-order valence-corrected chi connectivity index (χ3v) is 4.60. The Hall–Kier alpha value is -3.22. The minimum Gasteiger partial charge on any atom is -0.339 e. The lowest BCUT2D eigenvalue weighted by molar-refractivity contribution is -0.114. The minimum atomic E-state index is -0.391. The maximum Gasteiger partial charge on any atom is 0.274 e. The first-order chi connectivity index (χ1) is 13.5. The van der Waals surface area contributed by atoms with Crippen LogP contribution in [-0.2, 0) is 4.79 Å². The van der Waals surface area contributed by atoms with Crippen molar-refractivity contribution in [2.75, 3.05) is 23.7 Å². The van der Waals surface area contributed by atoms with Crippen molar-refractivity contribution in [2.45, 2.75) is 32.6 Å². The molecule has 1 saturated heterocycles. The van der Waals surface area contributed by atoms with Crippen LogP contribution in [-0.4, -0.2) is 40.7 Å². The molecule has 1 aromatic carbocycles. The molecular weight excluding hydrogens is 356 g/mol. The lowest BCUT2D eigenvalue weighted by Crippen LogP contribution is -2.32. The maximum absolute atomic E-state index is 12.7. The summed E-state index contributed by atoms with van der Waals surface area (Å²) in [6, 6.07) is 9.96. The highest BCUT2D eigenvalue weighted by Crippen LogP contribution is 2.16. The van der Waals surface area contributed by atoms with E-state index in [1.54, 1.807) is 30.3 Å². The summed E-state index contributed by atoms with van der Waals surface area (Å²) in [5, 5.41) is 5.42. The fourth-order valence-electron chi connectivity index (χ4n) is 3.18. The Morgan fingerprint density at radius 3 is 2.11 bits per heavy atom. The number of carbonyl (C=O) groups excluding carboxylic acids is 3. The molecule has 3 rings (SSSR count). The number of hydrogen-bond acceptors (Lipinski definition) is 4. The summed E-state index contributed by atoms with van der Waals surface area (Å²) in [7, 11) is 0. The number of pyridine rings is 1. The molecule has 2 aromatic rings. The van der Waals surface area contributed by atoms with E-state index >= 15 is 0 Å². The van der Waals surface area contributed by atoms with Gasteiger partial charge in [-0.15, -0.1) is 0 Å². The molecule has 0 spiro atoms. The van der Waals surface area contributed by atoms with Crippen molar-refractivity contribution in [2.24, 2.45) is 0 Å². The predicted octanol–water partition coefficient (Wildman–Crippen LogP) is 3.31. The number of aromatic nitrogens is 1. The highest BCUT2D eigenvalue weighted by atomic mass is 16.2. The van der Waals surface area contributed by atoms with Gasteiger partial charge in [0.15, 0.2) is 0 Å². The van der Waals surface area contributed by atoms with Crippen molar-refractivity contribution in [3.8, 4) is 0 Å². The number of anilines is 2. The van der Waals surface area contributed by atoms with Gasteiger partial charge in [0.1, 0.15) is 5.69 Å². The van der Waals surface area contributed by atoms with Crippen LogP contribution in [0.4, 0.5) is 11.4 Å². The molecule has 0 aliphatic carbocycles. The maximum atomic E-state index is 12.7. The topological polar surface area (TPSA) is 91.4 Å². The van der Waals surface area contributed by atoms with Crippen LogP contribution in [0, 0.1) is 0 Å². The second kappa shape index (κ2) is 9.12. The van der Waals surface area contributed by atoms with Crippen molar-refractivity contribution < 1.29 is 14.4 Å². The standard InChI is InChI=1S/C21H24N4O3/c1-15(26)23-17-6-8-18(9-7-17)24-20(27)19-14-16(10-11-22-19)21(28)25-12-4-2-3-5-13-25/h6-11,14H,2-5,12-13H2,1H3,(H,23,26)(H,24,27). The number of amides is 3. The van der Waals surface area contributed by atoms with Crippen LogP contribution in [0.5, 0.6) is 0 Å². The van der Waals surface area contributed by atoms with E-state index in [2.05, 4.69) is 15.6 Å². The van der Waals surface area contributed by atoms with Crippen molar-refractivity contribution >= 4 is 29.1 Å². The molecule has 0 atom stereocenters. The highest BCUT2D eigenvalue weighted by molar-refractivity contribution is 6.05. The van der Waals surface area contributed by atoms with Gasteiger partial charge in [-0.3, -0.25) is 19.4 Å². The average Bonchev–Trinajstić information content (AvgIpc) is 2.98. The van der Waals surface area contributed by atoms with Crippen molar-refractivity contribution in [1.29, 1.82) is 0 Å². The predicted molar refractivity (Wildman–Crippen MR) is 107 cm³/mol. The van der Waals surface area contributed by atoms with Gasteiger partial charge in [0.25, 0.3) is 11.8 Å². The number of nitrogens with one attached hydrogen (secondary N) is 2. The SMILES string of the molecule is CC(=O)Nc1ccc(NC(=O)c2cc(C(=O)N3CCCCCC3)ccn2)cc1. The smallest absolute Gasteiger partial charge is 0.274 e. The molecule has 1 fully saturated rings. The number of hydrogen-bond donors (Lipinski definition) is 2. The molecule has 7 nitrogen and oxygen atoms in total. The fourth-order valence-corrected chi connectivity index (χ4v) is 3.18. The molecule has 7 heteroatoms. The minimum absolute atomic E-state index is 0.0574. The molecule has 1 aromatic heterocycles. The van der Waals surface area contributed by atoms with E-state index in [0.717, 1.165) is 38.8 Å². The number of rotatable bonds is 4. The number of likely N-dealkylation sites (tertiary alicyclic amines) is 1. The third kappa shape index (κ3) is 5.16. The molecule has 2 N–H and O–H groups in total. The van der Waals surface area contributed by atoms with Crippen molar-refractivity contribution in [3.63, 3.8) is 0 Å². The molecule has 28 heavy (non-hydrogen) atoms. The van der Waals surface area contributed by atoms with E-state index in [-0.39, 0.29) is 17.5 Å². The van der Waals surface area contributed by atoms with Crippen LogP contribution in [0.15, 0.2) is 42.6 Å². The molecule has 1 aliphatic rings. The molecule has 1 aliphatic heterocycles. The first kappa shape index (κ1) is 19.5. The molecule has 146 valence electrons. The molecule has 2 heterocycles. The third-order valence-electron chi connectivity index (χ3n) is 4.60. The van der Waals surface area contributed by atoms with Crippen LogP contribution in [0.1, 0.15) is 53.5 Å². The summed E-state index contributed by atoms with van der Waals surface area (Å²) in [4.78, 5) is 42.3. The summed E-state index contributed by atoms with van der Waals surface area (Å²) in [6.07, 6.45) is 5.81. The van der Waals surface area contributed by atoms with Gasteiger partial charge in [0.2, 0.25) is 5.91 Å². The van der Waals surface area contributed by atoms with Gasteiger partial charge in [0.05, 0.1) is 0 Å². The van der Waals surface area contributed by atoms with Gasteiger partial charge in [-0.2, -0.15) is 0 Å². The van der Waals surface area contributed by atoms with E-state index in [1.807, 2.05) is 4.90 Å². The Kier molecular flexibility index (Phi) is 6.37. The number of nitrogens with zero attached hydrogens (tertiary/aromatic N) is 2. The zero-order valence-corrected chi connectivity index (χ0v) is 15.9. The van der Waals surface area contributed by atoms with Gasteiger partial charge in [-0.1, -0.05) is 12.8 Å². The Labute approximate surface area is 164 Å². The van der Waals surface area contributed by atoms with Gasteiger partial charge >= 0.3 is 0 Å². The first-order valence-electron chi connectivity index (χ1n) is 9.47. The second-order valence-electron chi connectivity index (χ2n) is 6.85. The van der Waals surface area contributed by atoms with Crippen LogP contribution in [0.2, 0.25) is 0 Å².